The molecule has 0 aromatic heterocycles. The summed E-state index contributed by atoms with van der Waals surface area (Å²) in [6, 6.07) is 0. The molecule has 5 heavy (non-hydrogen) atoms. The highest BCUT2D eigenvalue weighted by Gasteiger charge is 1.86. The molecule has 0 N–H and O–H groups in total. The Kier molecular flexibility index (Phi) is 8.23. The predicted molar refractivity (Wildman–Crippen MR) is 22.5 cm³/mol. The van der Waals surface area contributed by atoms with Gasteiger partial charge in [-0.1, -0.05) is 0 Å². The van der Waals surface area contributed by atoms with Crippen LogP contribution in [0.4, 0.5) is 13.2 Å². The molecule has 0 nitrogen and oxygen atoms in total. The van der Waals surface area contributed by atoms with Crippen molar-refractivity contribution in [1.82, 2.24) is 0 Å². The Morgan fingerprint density at radius 3 is 1.00 bits per heavy atom. The van der Waals surface area contributed by atoms with E-state index in [4.69, 9.17) is 0 Å². The molecule has 0 unspecified atom stereocenters. The van der Waals surface area contributed by atoms with Crippen molar-refractivity contribution in [1.29, 1.82) is 0 Å². The van der Waals surface area contributed by atoms with Crippen LogP contribution in [0.5, 0.6) is 0 Å². The highest BCUT2D eigenvalue weighted by molar-refractivity contribution is 14.0. The Bertz CT molecular complexity index is 11.6. The van der Waals surface area contributed by atoms with Gasteiger partial charge in [-0.15, -0.1) is 24.0 Å². The molecular formula is CH2F3I. The minimum atomic E-state index is -3.67. The maximum absolute atomic E-state index is 9.67. The van der Waals surface area contributed by atoms with Crippen molar-refractivity contribution in [2.75, 3.05) is 0 Å². The van der Waals surface area contributed by atoms with Crippen molar-refractivity contribution in [2.45, 2.75) is 6.68 Å². The second-order valence-electron chi connectivity index (χ2n) is 0.247. The van der Waals surface area contributed by atoms with E-state index in [0.717, 1.165) is 0 Å². The largest absolute Gasteiger partial charge is 0.379 e. The quantitative estimate of drug-likeness (QED) is 0.520. The summed E-state index contributed by atoms with van der Waals surface area (Å²) in [5, 5.41) is 0. The molecule has 0 aliphatic heterocycles. The summed E-state index contributed by atoms with van der Waals surface area (Å²) in [7, 11) is 0. The van der Waals surface area contributed by atoms with Crippen LogP contribution >= 0.6 is 24.0 Å². The van der Waals surface area contributed by atoms with Gasteiger partial charge in [-0.2, -0.15) is 13.2 Å². The van der Waals surface area contributed by atoms with Crippen molar-refractivity contribution < 1.29 is 13.2 Å². The van der Waals surface area contributed by atoms with Crippen LogP contribution in [0.2, 0.25) is 0 Å². The molecule has 0 spiro atoms. The number of hydrogen-bond acceptors (Lipinski definition) is 0. The van der Waals surface area contributed by atoms with Gasteiger partial charge in [0.2, 0.25) is 0 Å². The first kappa shape index (κ1) is 9.10. The van der Waals surface area contributed by atoms with Crippen molar-refractivity contribution in [3.05, 3.63) is 0 Å². The summed E-state index contributed by atoms with van der Waals surface area (Å²) in [6.45, 7) is -3.67. The average Bonchev–Trinajstić information content (AvgIpc) is 0.811. The summed E-state index contributed by atoms with van der Waals surface area (Å²) in [6.07, 6.45) is 0. The lowest BCUT2D eigenvalue weighted by atomic mass is 11.6. The van der Waals surface area contributed by atoms with E-state index in [1.165, 1.54) is 0 Å². The van der Waals surface area contributed by atoms with E-state index in [2.05, 4.69) is 0 Å². The molecule has 0 aliphatic rings. The molecule has 0 fully saturated rings. The Balaban J connectivity index is 0. The Labute approximate surface area is 44.4 Å². The average molecular weight is 198 g/mol. The highest BCUT2D eigenvalue weighted by Crippen LogP contribution is 1.87. The van der Waals surface area contributed by atoms with Crippen LogP contribution in [-0.4, -0.2) is 6.68 Å². The van der Waals surface area contributed by atoms with Crippen LogP contribution in [0.15, 0.2) is 0 Å². The Hall–Kier alpha value is 0.520. The summed E-state index contributed by atoms with van der Waals surface area (Å²) in [5.74, 6) is 0. The van der Waals surface area contributed by atoms with Gasteiger partial charge in [0.05, 0.1) is 0 Å². The molecular weight excluding hydrogens is 196 g/mol. The van der Waals surface area contributed by atoms with Crippen LogP contribution in [0.1, 0.15) is 0 Å². The van der Waals surface area contributed by atoms with Crippen LogP contribution in [0, 0.1) is 0 Å². The van der Waals surface area contributed by atoms with Crippen LogP contribution in [-0.2, 0) is 0 Å². The summed E-state index contributed by atoms with van der Waals surface area (Å²) < 4.78 is 29.0. The minimum absolute atomic E-state index is 0. The van der Waals surface area contributed by atoms with E-state index >= 15 is 0 Å². The third kappa shape index (κ3) is 106. The van der Waals surface area contributed by atoms with Crippen LogP contribution in [0.3, 0.4) is 0 Å². The van der Waals surface area contributed by atoms with Gasteiger partial charge in [0, 0.05) is 0 Å². The van der Waals surface area contributed by atoms with Crippen LogP contribution in [0.25, 0.3) is 0 Å². The van der Waals surface area contributed by atoms with Crippen molar-refractivity contribution in [3.63, 3.8) is 0 Å². The molecule has 0 aliphatic carbocycles. The smallest absolute Gasteiger partial charge is 0.174 e. The third-order valence-electron chi connectivity index (χ3n) is 0. The number of alkyl halides is 3. The van der Waals surface area contributed by atoms with Gasteiger partial charge in [0.25, 0.3) is 0 Å². The predicted octanol–water partition coefficient (Wildman–Crippen LogP) is 1.80. The van der Waals surface area contributed by atoms with E-state index in [1.54, 1.807) is 0 Å². The molecule has 0 atom stereocenters. The fraction of sp³-hybridized carbons (Fsp3) is 1.00. The molecule has 0 radical (unpaired) electrons. The van der Waals surface area contributed by atoms with E-state index in [1.807, 2.05) is 0 Å². The van der Waals surface area contributed by atoms with E-state index in [0.29, 0.717) is 0 Å². The van der Waals surface area contributed by atoms with Crippen LogP contribution < -0.4 is 0 Å². The van der Waals surface area contributed by atoms with Gasteiger partial charge < -0.3 is 0 Å². The standard InChI is InChI=1S/CHF3.HI/c2-1(3)4;/h1H;1H. The monoisotopic (exact) mass is 198 g/mol. The van der Waals surface area contributed by atoms with E-state index in [-0.39, 0.29) is 24.0 Å². The van der Waals surface area contributed by atoms with Crippen molar-refractivity contribution in [2.24, 2.45) is 0 Å². The van der Waals surface area contributed by atoms with Crippen molar-refractivity contribution >= 4 is 24.0 Å². The molecule has 0 rings (SSSR count). The number of hydrogen-bond donors (Lipinski definition) is 0. The molecule has 34 valence electrons. The summed E-state index contributed by atoms with van der Waals surface area (Å²) in [4.78, 5) is 0. The van der Waals surface area contributed by atoms with E-state index in [9.17, 15) is 13.2 Å². The van der Waals surface area contributed by atoms with Gasteiger partial charge in [0.15, 0.2) is 0 Å². The van der Waals surface area contributed by atoms with Crippen molar-refractivity contribution in [3.8, 4) is 0 Å². The SMILES string of the molecule is FC(F)F.I. The first-order chi connectivity index (χ1) is 1.73. The lowest BCUT2D eigenvalue weighted by Crippen LogP contribution is -1.65. The fourth-order valence-corrected chi connectivity index (χ4v) is 0. The lowest BCUT2D eigenvalue weighted by molar-refractivity contribution is 0.00819. The Morgan fingerprint density at radius 1 is 1.00 bits per heavy atom. The third-order valence-corrected chi connectivity index (χ3v) is 0. The van der Waals surface area contributed by atoms with Gasteiger partial charge in [-0.05, 0) is 0 Å². The maximum atomic E-state index is 9.67. The molecule has 0 heterocycles. The first-order valence-electron chi connectivity index (χ1n) is 0.655. The zero-order chi connectivity index (χ0) is 3.58. The topological polar surface area (TPSA) is 0 Å². The molecule has 0 amide bonds. The van der Waals surface area contributed by atoms with Gasteiger partial charge in [-0.3, -0.25) is 0 Å². The first-order valence-corrected chi connectivity index (χ1v) is 0.655. The maximum Gasteiger partial charge on any atom is 0.379 e. The van der Waals surface area contributed by atoms with E-state index < -0.39 is 6.68 Å². The molecule has 0 saturated carbocycles. The zero-order valence-corrected chi connectivity index (χ0v) is 4.45. The number of rotatable bonds is 0. The molecule has 4 heteroatoms. The van der Waals surface area contributed by atoms with Gasteiger partial charge in [0.1, 0.15) is 0 Å². The minimum Gasteiger partial charge on any atom is -0.174 e. The van der Waals surface area contributed by atoms with Gasteiger partial charge in [-0.25, -0.2) is 0 Å². The summed E-state index contributed by atoms with van der Waals surface area (Å²) >= 11 is 0. The molecule has 0 bridgehead atoms. The fourth-order valence-electron chi connectivity index (χ4n) is 0. The molecule has 0 saturated heterocycles. The lowest BCUT2D eigenvalue weighted by Gasteiger charge is -1.65. The highest BCUT2D eigenvalue weighted by atomic mass is 127. The number of halogens is 4. The second kappa shape index (κ2) is 4.52. The molecule has 0 aromatic rings. The normalized spacial score (nSPS) is 7.20. The second-order valence-corrected chi connectivity index (χ2v) is 0.247. The zero-order valence-electron chi connectivity index (χ0n) is 2.12. The molecule has 0 aromatic carbocycles. The summed E-state index contributed by atoms with van der Waals surface area (Å²) in [5.41, 5.74) is 0. The Morgan fingerprint density at radius 2 is 1.00 bits per heavy atom. The van der Waals surface area contributed by atoms with Gasteiger partial charge >= 0.3 is 6.68 Å².